The molecule has 204 valence electrons. The highest BCUT2D eigenvalue weighted by Crippen LogP contribution is 2.19. The molecule has 2 aromatic rings. The molecule has 1 aromatic heterocycles. The summed E-state index contributed by atoms with van der Waals surface area (Å²) in [4.78, 5) is 53.2. The number of carboxylic acids is 1. The number of amides is 3. The smallest absolute Gasteiger partial charge is 0.328 e. The van der Waals surface area contributed by atoms with Gasteiger partial charge in [0.1, 0.15) is 12.1 Å². The zero-order valence-electron chi connectivity index (χ0n) is 20.6. The number of carboxylic acid groups (broad SMARTS) is 1. The molecule has 5 unspecified atom stereocenters. The number of carbonyl (C=O) groups is 4. The Kier molecular flexibility index (Phi) is 11.9. The molecule has 0 fully saturated rings. The van der Waals surface area contributed by atoms with E-state index in [1.165, 1.54) is 6.92 Å². The minimum Gasteiger partial charge on any atom is -0.480 e. The van der Waals surface area contributed by atoms with Crippen LogP contribution in [0.2, 0.25) is 0 Å². The molecule has 1 aromatic carbocycles. The lowest BCUT2D eigenvalue weighted by Gasteiger charge is -2.25. The van der Waals surface area contributed by atoms with Gasteiger partial charge in [-0.1, -0.05) is 24.6 Å². The molecule has 2 rings (SSSR count). The van der Waals surface area contributed by atoms with Crippen molar-refractivity contribution in [2.45, 2.75) is 62.9 Å². The normalized spacial score (nSPS) is 15.3. The SMILES string of the molecule is CC(O)C(NC(=O)C(Cc1c[nH]c2ccccc12)NC(=O)C(CS)NC(=O)C(N)CCCCN)C(=O)O. The van der Waals surface area contributed by atoms with E-state index in [1.54, 1.807) is 6.20 Å². The Morgan fingerprint density at radius 2 is 1.68 bits per heavy atom. The molecular weight excluding hydrogens is 500 g/mol. The maximum atomic E-state index is 13.1. The molecular formula is C24H36N6O6S. The van der Waals surface area contributed by atoms with Gasteiger partial charge in [-0.2, -0.15) is 12.6 Å². The van der Waals surface area contributed by atoms with Crippen LogP contribution in [0.15, 0.2) is 30.5 Å². The number of aliphatic hydroxyl groups excluding tert-OH is 1. The zero-order chi connectivity index (χ0) is 27.5. The molecule has 0 aliphatic heterocycles. The summed E-state index contributed by atoms with van der Waals surface area (Å²) in [5.74, 6) is -3.54. The maximum Gasteiger partial charge on any atom is 0.328 e. The number of aromatic amines is 1. The Bertz CT molecular complexity index is 1080. The summed E-state index contributed by atoms with van der Waals surface area (Å²) in [7, 11) is 0. The number of nitrogens with one attached hydrogen (secondary N) is 4. The molecule has 0 aliphatic rings. The molecule has 3 amide bonds. The van der Waals surface area contributed by atoms with Crippen molar-refractivity contribution in [3.63, 3.8) is 0 Å². The molecule has 10 N–H and O–H groups in total. The number of thiol groups is 1. The van der Waals surface area contributed by atoms with Gasteiger partial charge >= 0.3 is 5.97 Å². The van der Waals surface area contributed by atoms with Crippen LogP contribution in [0.25, 0.3) is 10.9 Å². The van der Waals surface area contributed by atoms with Crippen LogP contribution in [0.1, 0.15) is 31.7 Å². The number of rotatable bonds is 15. The van der Waals surface area contributed by atoms with Gasteiger partial charge < -0.3 is 42.6 Å². The minimum atomic E-state index is -1.58. The number of para-hydroxylation sites is 1. The first-order valence-corrected chi connectivity index (χ1v) is 12.7. The molecule has 1 heterocycles. The standard InChI is InChI=1S/C24H36N6O6S/c1-13(31)20(24(35)36)30-22(33)18(10-14-11-27-17-8-3-2-6-15(14)17)28-23(34)19(12-37)29-21(32)16(26)7-4-5-9-25/h2-3,6,8,11,13,16,18-20,27,31,37H,4-5,7,9-10,12,25-26H2,1H3,(H,28,34)(H,29,32)(H,30,33)(H,35,36). The predicted molar refractivity (Wildman–Crippen MR) is 142 cm³/mol. The molecule has 37 heavy (non-hydrogen) atoms. The number of H-pyrrole nitrogens is 1. The van der Waals surface area contributed by atoms with Crippen molar-refractivity contribution in [2.75, 3.05) is 12.3 Å². The third kappa shape index (κ3) is 8.74. The van der Waals surface area contributed by atoms with E-state index in [0.29, 0.717) is 31.4 Å². The Hall–Kier alpha value is -3.13. The third-order valence-electron chi connectivity index (χ3n) is 5.90. The molecule has 0 saturated heterocycles. The summed E-state index contributed by atoms with van der Waals surface area (Å²) in [5, 5.41) is 27.4. The van der Waals surface area contributed by atoms with Gasteiger partial charge in [-0.05, 0) is 37.9 Å². The van der Waals surface area contributed by atoms with Gasteiger partial charge in [-0.3, -0.25) is 14.4 Å². The highest BCUT2D eigenvalue weighted by Gasteiger charge is 2.32. The number of hydrogen-bond donors (Lipinski definition) is 9. The number of hydrogen-bond acceptors (Lipinski definition) is 8. The van der Waals surface area contributed by atoms with E-state index < -0.39 is 54.0 Å². The lowest BCUT2D eigenvalue weighted by atomic mass is 10.0. The van der Waals surface area contributed by atoms with Crippen LogP contribution in [0.4, 0.5) is 0 Å². The average Bonchev–Trinajstić information content (AvgIpc) is 3.27. The number of unbranched alkanes of at least 4 members (excludes halogenated alkanes) is 1. The summed E-state index contributed by atoms with van der Waals surface area (Å²) in [6.45, 7) is 1.71. The van der Waals surface area contributed by atoms with Crippen molar-refractivity contribution in [2.24, 2.45) is 11.5 Å². The van der Waals surface area contributed by atoms with Crippen molar-refractivity contribution in [1.82, 2.24) is 20.9 Å². The summed E-state index contributed by atoms with van der Waals surface area (Å²) in [6, 6.07) is 2.63. The van der Waals surface area contributed by atoms with Crippen LogP contribution < -0.4 is 27.4 Å². The van der Waals surface area contributed by atoms with E-state index in [0.717, 1.165) is 10.9 Å². The number of nitrogens with two attached hydrogens (primary N) is 2. The van der Waals surface area contributed by atoms with Gasteiger partial charge in [0.2, 0.25) is 17.7 Å². The number of aliphatic hydroxyl groups is 1. The van der Waals surface area contributed by atoms with Gasteiger partial charge in [-0.25, -0.2) is 4.79 Å². The summed E-state index contributed by atoms with van der Waals surface area (Å²) < 4.78 is 0. The first-order chi connectivity index (χ1) is 17.6. The molecule has 0 saturated carbocycles. The molecule has 12 nitrogen and oxygen atoms in total. The second kappa shape index (κ2) is 14.6. The van der Waals surface area contributed by atoms with Crippen molar-refractivity contribution in [3.05, 3.63) is 36.0 Å². The van der Waals surface area contributed by atoms with E-state index in [-0.39, 0.29) is 12.2 Å². The fourth-order valence-corrected chi connectivity index (χ4v) is 4.01. The first-order valence-electron chi connectivity index (χ1n) is 12.0. The van der Waals surface area contributed by atoms with Crippen LogP contribution in [-0.4, -0.2) is 81.5 Å². The van der Waals surface area contributed by atoms with Crippen LogP contribution in [0.3, 0.4) is 0 Å². The largest absolute Gasteiger partial charge is 0.480 e. The van der Waals surface area contributed by atoms with Crippen LogP contribution in [0.5, 0.6) is 0 Å². The lowest BCUT2D eigenvalue weighted by Crippen LogP contribution is -2.59. The Labute approximate surface area is 220 Å². The second-order valence-electron chi connectivity index (χ2n) is 8.82. The van der Waals surface area contributed by atoms with Crippen molar-refractivity contribution < 1.29 is 29.4 Å². The summed E-state index contributed by atoms with van der Waals surface area (Å²) in [6.07, 6.45) is 2.09. The minimum absolute atomic E-state index is 0.0135. The third-order valence-corrected chi connectivity index (χ3v) is 6.26. The topological polar surface area (TPSA) is 213 Å². The van der Waals surface area contributed by atoms with Crippen LogP contribution >= 0.6 is 12.6 Å². The molecule has 0 spiro atoms. The Balaban J connectivity index is 2.21. The number of aromatic nitrogens is 1. The highest BCUT2D eigenvalue weighted by atomic mass is 32.1. The van der Waals surface area contributed by atoms with Crippen LogP contribution in [0, 0.1) is 0 Å². The van der Waals surface area contributed by atoms with Gasteiger partial charge in [0, 0.05) is 29.3 Å². The van der Waals surface area contributed by atoms with Gasteiger partial charge in [0.05, 0.1) is 12.1 Å². The summed E-state index contributed by atoms with van der Waals surface area (Å²) >= 11 is 4.16. The quantitative estimate of drug-likeness (QED) is 0.102. The number of fused-ring (bicyclic) bond motifs is 1. The lowest BCUT2D eigenvalue weighted by molar-refractivity contribution is -0.145. The van der Waals surface area contributed by atoms with E-state index in [1.807, 2.05) is 24.3 Å². The predicted octanol–water partition coefficient (Wildman–Crippen LogP) is -0.984. The van der Waals surface area contributed by atoms with E-state index in [2.05, 4.69) is 33.6 Å². The number of aliphatic carboxylic acids is 1. The van der Waals surface area contributed by atoms with E-state index >= 15 is 0 Å². The average molecular weight is 537 g/mol. The highest BCUT2D eigenvalue weighted by molar-refractivity contribution is 7.80. The molecule has 0 bridgehead atoms. The van der Waals surface area contributed by atoms with Crippen molar-refractivity contribution in [1.29, 1.82) is 0 Å². The first kappa shape index (κ1) is 30.1. The van der Waals surface area contributed by atoms with E-state index in [4.69, 9.17) is 11.5 Å². The van der Waals surface area contributed by atoms with Crippen molar-refractivity contribution >= 4 is 47.2 Å². The zero-order valence-corrected chi connectivity index (χ0v) is 21.5. The second-order valence-corrected chi connectivity index (χ2v) is 9.19. The Morgan fingerprint density at radius 3 is 2.30 bits per heavy atom. The number of benzene rings is 1. The Morgan fingerprint density at radius 1 is 1.03 bits per heavy atom. The number of carbonyl (C=O) groups excluding carboxylic acids is 3. The molecule has 13 heteroatoms. The van der Waals surface area contributed by atoms with Crippen molar-refractivity contribution in [3.8, 4) is 0 Å². The fraction of sp³-hybridized carbons (Fsp3) is 0.500. The van der Waals surface area contributed by atoms with E-state index in [9.17, 15) is 29.4 Å². The van der Waals surface area contributed by atoms with Gasteiger partial charge in [-0.15, -0.1) is 0 Å². The maximum absolute atomic E-state index is 13.1. The van der Waals surface area contributed by atoms with Gasteiger partial charge in [0.15, 0.2) is 6.04 Å². The monoisotopic (exact) mass is 536 g/mol. The molecule has 0 radical (unpaired) electrons. The molecule has 0 aliphatic carbocycles. The van der Waals surface area contributed by atoms with Crippen LogP contribution in [-0.2, 0) is 25.6 Å². The van der Waals surface area contributed by atoms with Gasteiger partial charge in [0.25, 0.3) is 0 Å². The fourth-order valence-electron chi connectivity index (χ4n) is 3.76. The molecule has 5 atom stereocenters. The summed E-state index contributed by atoms with van der Waals surface area (Å²) in [5.41, 5.74) is 12.9.